The summed E-state index contributed by atoms with van der Waals surface area (Å²) in [5.74, 6) is -2.25. The number of guanidine groups is 1. The van der Waals surface area contributed by atoms with Gasteiger partial charge in [0, 0.05) is 18.9 Å². The van der Waals surface area contributed by atoms with Gasteiger partial charge in [-0.25, -0.2) is 23.2 Å². The van der Waals surface area contributed by atoms with Crippen LogP contribution in [0.4, 0.5) is 9.59 Å². The predicted octanol–water partition coefficient (Wildman–Crippen LogP) is 6.00. The fraction of sp³-hybridized carbons (Fsp3) is 0.484. The van der Waals surface area contributed by atoms with Crippen LogP contribution in [0.15, 0.2) is 65.4 Å². The van der Waals surface area contributed by atoms with E-state index < -0.39 is 56.4 Å². The van der Waals surface area contributed by atoms with E-state index in [1.165, 1.54) is 7.05 Å². The molecule has 0 heterocycles. The minimum Gasteiger partial charge on any atom is -0.462 e. The molecule has 0 bridgehead atoms. The van der Waals surface area contributed by atoms with E-state index in [9.17, 15) is 18.9 Å². The lowest BCUT2D eigenvalue weighted by Crippen LogP contribution is -2.39. The zero-order valence-corrected chi connectivity index (χ0v) is 28.1. The lowest BCUT2D eigenvalue weighted by atomic mass is 10.2. The Balaban J connectivity index is 2.28. The molecular formula is C31H44N3O11P. The zero-order valence-electron chi connectivity index (χ0n) is 27.2. The second-order valence-corrected chi connectivity index (χ2v) is 12.6. The first-order chi connectivity index (χ1) is 21.7. The SMILES string of the molecule is CC(C)OC(=O)CN(C)C(N)=NP(=O)(OC(OC(=O)OCc1ccccc1)C(C)C)OC(OC(=O)OCc1ccccc1)C(C)C. The van der Waals surface area contributed by atoms with Crippen LogP contribution in [-0.4, -0.2) is 61.4 Å². The molecule has 2 aromatic carbocycles. The predicted molar refractivity (Wildman–Crippen MR) is 168 cm³/mol. The average molecular weight is 666 g/mol. The van der Waals surface area contributed by atoms with Crippen LogP contribution in [0, 0.1) is 11.8 Å². The van der Waals surface area contributed by atoms with E-state index in [-0.39, 0.29) is 25.9 Å². The van der Waals surface area contributed by atoms with Crippen molar-refractivity contribution in [3.05, 3.63) is 71.8 Å². The number of ether oxygens (including phenoxy) is 5. The summed E-state index contributed by atoms with van der Waals surface area (Å²) >= 11 is 0. The maximum Gasteiger partial charge on any atom is 0.510 e. The van der Waals surface area contributed by atoms with Gasteiger partial charge in [-0.15, -0.1) is 4.76 Å². The van der Waals surface area contributed by atoms with Gasteiger partial charge in [0.1, 0.15) is 19.8 Å². The molecule has 0 aliphatic rings. The second kappa shape index (κ2) is 18.7. The van der Waals surface area contributed by atoms with Gasteiger partial charge in [-0.3, -0.25) is 4.79 Å². The summed E-state index contributed by atoms with van der Waals surface area (Å²) in [4.78, 5) is 38.5. The molecular weight excluding hydrogens is 621 g/mol. The van der Waals surface area contributed by atoms with Gasteiger partial charge in [0.2, 0.25) is 18.5 Å². The van der Waals surface area contributed by atoms with Crippen molar-refractivity contribution in [1.82, 2.24) is 4.90 Å². The molecule has 46 heavy (non-hydrogen) atoms. The molecule has 0 saturated heterocycles. The molecule has 0 spiro atoms. The summed E-state index contributed by atoms with van der Waals surface area (Å²) in [5, 5.41) is 0. The Hall–Kier alpha value is -4.13. The highest BCUT2D eigenvalue weighted by molar-refractivity contribution is 7.52. The number of carbonyl (C=O) groups excluding carboxylic acids is 3. The number of nitrogens with two attached hydrogens (primary N) is 1. The molecule has 254 valence electrons. The van der Waals surface area contributed by atoms with Crippen molar-refractivity contribution in [2.24, 2.45) is 22.3 Å². The zero-order chi connectivity index (χ0) is 34.3. The lowest BCUT2D eigenvalue weighted by molar-refractivity contribution is -0.147. The number of hydrogen-bond donors (Lipinski definition) is 1. The molecule has 2 atom stereocenters. The summed E-state index contributed by atoms with van der Waals surface area (Å²) in [6.45, 7) is 9.33. The van der Waals surface area contributed by atoms with E-state index in [1.807, 2.05) is 12.1 Å². The van der Waals surface area contributed by atoms with E-state index in [0.717, 1.165) is 4.90 Å². The minimum atomic E-state index is -4.78. The van der Waals surface area contributed by atoms with Crippen LogP contribution in [-0.2, 0) is 55.3 Å². The molecule has 2 rings (SSSR count). The first-order valence-corrected chi connectivity index (χ1v) is 16.1. The average Bonchev–Trinajstić information content (AvgIpc) is 2.98. The van der Waals surface area contributed by atoms with Gasteiger partial charge in [0.25, 0.3) is 0 Å². The van der Waals surface area contributed by atoms with Gasteiger partial charge in [0.15, 0.2) is 0 Å². The maximum absolute atomic E-state index is 14.2. The van der Waals surface area contributed by atoms with Crippen molar-refractivity contribution in [1.29, 1.82) is 0 Å². The summed E-state index contributed by atoms with van der Waals surface area (Å²) < 4.78 is 55.6. The van der Waals surface area contributed by atoms with Crippen LogP contribution in [0.5, 0.6) is 0 Å². The number of hydrogen-bond acceptors (Lipinski definition) is 11. The third-order valence-corrected chi connectivity index (χ3v) is 7.13. The normalized spacial score (nSPS) is 14.3. The number of esters is 1. The van der Waals surface area contributed by atoms with Crippen molar-refractivity contribution >= 4 is 32.0 Å². The van der Waals surface area contributed by atoms with Crippen molar-refractivity contribution in [2.75, 3.05) is 13.6 Å². The molecule has 0 fully saturated rings. The molecule has 2 aromatic rings. The summed E-state index contributed by atoms with van der Waals surface area (Å²) in [6, 6.07) is 17.8. The van der Waals surface area contributed by atoms with Gasteiger partial charge in [0.05, 0.1) is 6.10 Å². The van der Waals surface area contributed by atoms with Gasteiger partial charge >= 0.3 is 26.0 Å². The first kappa shape index (κ1) is 38.1. The van der Waals surface area contributed by atoms with Crippen LogP contribution < -0.4 is 5.73 Å². The molecule has 2 N–H and O–H groups in total. The summed E-state index contributed by atoms with van der Waals surface area (Å²) in [5.41, 5.74) is 7.51. The van der Waals surface area contributed by atoms with E-state index in [4.69, 9.17) is 38.5 Å². The number of carbonyl (C=O) groups is 3. The largest absolute Gasteiger partial charge is 0.510 e. The molecule has 14 nitrogen and oxygen atoms in total. The van der Waals surface area contributed by atoms with E-state index in [1.54, 1.807) is 90.1 Å². The number of benzene rings is 2. The Morgan fingerprint density at radius 2 is 1.15 bits per heavy atom. The summed E-state index contributed by atoms with van der Waals surface area (Å²) in [6.07, 6.45) is -5.63. The Kier molecular flexibility index (Phi) is 15.5. The molecule has 0 saturated carbocycles. The van der Waals surface area contributed by atoms with Crippen LogP contribution in [0.25, 0.3) is 0 Å². The lowest BCUT2D eigenvalue weighted by Gasteiger charge is -2.28. The fourth-order valence-electron chi connectivity index (χ4n) is 3.36. The molecule has 0 radical (unpaired) electrons. The van der Waals surface area contributed by atoms with Crippen molar-refractivity contribution in [3.63, 3.8) is 0 Å². The van der Waals surface area contributed by atoms with Crippen LogP contribution in [0.3, 0.4) is 0 Å². The van der Waals surface area contributed by atoms with Gasteiger partial charge in [-0.1, -0.05) is 88.4 Å². The summed E-state index contributed by atoms with van der Waals surface area (Å²) in [7, 11) is -3.38. The van der Waals surface area contributed by atoms with E-state index >= 15 is 0 Å². The Labute approximate surface area is 269 Å². The smallest absolute Gasteiger partial charge is 0.462 e. The molecule has 2 unspecified atom stereocenters. The first-order valence-electron chi connectivity index (χ1n) is 14.6. The van der Waals surface area contributed by atoms with Crippen LogP contribution in [0.1, 0.15) is 52.7 Å². The van der Waals surface area contributed by atoms with Crippen LogP contribution in [0.2, 0.25) is 0 Å². The molecule has 0 aromatic heterocycles. The number of likely N-dealkylation sites (N-methyl/N-ethyl adjacent to an activating group) is 1. The second-order valence-electron chi connectivity index (χ2n) is 11.0. The van der Waals surface area contributed by atoms with Crippen LogP contribution >= 0.6 is 7.75 Å². The Morgan fingerprint density at radius 3 is 1.52 bits per heavy atom. The fourth-order valence-corrected chi connectivity index (χ4v) is 5.01. The van der Waals surface area contributed by atoms with E-state index in [2.05, 4.69) is 4.76 Å². The Morgan fingerprint density at radius 1 is 0.739 bits per heavy atom. The number of nitrogens with zero attached hydrogens (tertiary/aromatic N) is 2. The Bertz CT molecular complexity index is 1250. The highest BCUT2D eigenvalue weighted by atomic mass is 31.2. The van der Waals surface area contributed by atoms with Crippen molar-refractivity contribution in [3.8, 4) is 0 Å². The third kappa shape index (κ3) is 14.3. The van der Waals surface area contributed by atoms with Crippen molar-refractivity contribution in [2.45, 2.75) is 73.4 Å². The quantitative estimate of drug-likeness (QED) is 0.0553. The third-order valence-electron chi connectivity index (χ3n) is 5.74. The highest BCUT2D eigenvalue weighted by Gasteiger charge is 2.39. The van der Waals surface area contributed by atoms with Crippen molar-refractivity contribution < 1.29 is 51.7 Å². The number of rotatable bonds is 16. The molecule has 0 aliphatic carbocycles. The highest BCUT2D eigenvalue weighted by Crippen LogP contribution is 2.54. The van der Waals surface area contributed by atoms with Gasteiger partial charge in [-0.2, -0.15) is 0 Å². The monoisotopic (exact) mass is 665 g/mol. The standard InChI is InChI=1S/C31H44N3O11P/c1-21(2)27(42-30(36)39-19-24-14-10-8-11-15-24)44-46(38,33-29(32)34(7)18-26(35)41-23(5)6)45-28(22(3)4)43-31(37)40-20-25-16-12-9-13-17-25/h8-17,21-23,27-28H,18-20H2,1-7H3,(H2,32,33,38). The van der Waals surface area contributed by atoms with E-state index in [0.29, 0.717) is 11.1 Å². The van der Waals surface area contributed by atoms with Gasteiger partial charge in [-0.05, 0) is 25.0 Å². The maximum atomic E-state index is 14.2. The molecule has 0 amide bonds. The van der Waals surface area contributed by atoms with Gasteiger partial charge < -0.3 is 34.3 Å². The topological polar surface area (TPSA) is 175 Å². The minimum absolute atomic E-state index is 0.0879. The molecule has 15 heteroatoms. The molecule has 0 aliphatic heterocycles.